The molecule has 0 radical (unpaired) electrons. The quantitative estimate of drug-likeness (QED) is 0.617. The van der Waals surface area contributed by atoms with E-state index in [0.717, 1.165) is 50.8 Å². The standard InChI is InChI=1S/C21H25N7O/c29-20(18-4-6-19(7-5-18)28-13-3-11-25-28)22-10-2-12-26-14-16-27(17-15-26)21-23-8-1-9-24-21/h1,3-9,11,13H,2,10,12,14-17H2,(H,22,29). The van der Waals surface area contributed by atoms with Crippen molar-refractivity contribution in [2.45, 2.75) is 6.42 Å². The van der Waals surface area contributed by atoms with Crippen LogP contribution >= 0.6 is 0 Å². The Morgan fingerprint density at radius 3 is 2.41 bits per heavy atom. The van der Waals surface area contributed by atoms with Gasteiger partial charge in [0.05, 0.1) is 5.69 Å². The summed E-state index contributed by atoms with van der Waals surface area (Å²) in [4.78, 5) is 25.6. The number of carbonyl (C=O) groups is 1. The number of benzene rings is 1. The van der Waals surface area contributed by atoms with Crippen LogP contribution in [-0.2, 0) is 0 Å². The topological polar surface area (TPSA) is 79.2 Å². The molecule has 4 rings (SSSR count). The Kier molecular flexibility index (Phi) is 6.11. The largest absolute Gasteiger partial charge is 0.352 e. The molecule has 0 bridgehead atoms. The van der Waals surface area contributed by atoms with Gasteiger partial charge in [-0.15, -0.1) is 0 Å². The smallest absolute Gasteiger partial charge is 0.251 e. The molecule has 1 aliphatic heterocycles. The molecule has 1 N–H and O–H groups in total. The maximum atomic E-state index is 12.3. The van der Waals surface area contributed by atoms with Crippen molar-refractivity contribution in [2.75, 3.05) is 44.2 Å². The van der Waals surface area contributed by atoms with E-state index in [0.29, 0.717) is 12.1 Å². The molecular formula is C21H25N7O. The molecule has 0 spiro atoms. The molecule has 3 heterocycles. The fourth-order valence-corrected chi connectivity index (χ4v) is 3.42. The van der Waals surface area contributed by atoms with Crippen LogP contribution in [0.15, 0.2) is 61.2 Å². The Hall–Kier alpha value is -3.26. The lowest BCUT2D eigenvalue weighted by Crippen LogP contribution is -2.47. The summed E-state index contributed by atoms with van der Waals surface area (Å²) in [6.45, 7) is 5.48. The van der Waals surface area contributed by atoms with Crippen LogP contribution in [0.4, 0.5) is 5.95 Å². The van der Waals surface area contributed by atoms with Crippen molar-refractivity contribution in [2.24, 2.45) is 0 Å². The van der Waals surface area contributed by atoms with E-state index in [2.05, 4.69) is 30.2 Å². The molecule has 2 aromatic heterocycles. The minimum atomic E-state index is -0.0388. The van der Waals surface area contributed by atoms with E-state index >= 15 is 0 Å². The Morgan fingerprint density at radius 1 is 0.966 bits per heavy atom. The Morgan fingerprint density at radius 2 is 1.72 bits per heavy atom. The number of carbonyl (C=O) groups excluding carboxylic acids is 1. The molecule has 3 aromatic rings. The van der Waals surface area contributed by atoms with Crippen molar-refractivity contribution in [3.8, 4) is 5.69 Å². The maximum absolute atomic E-state index is 12.3. The minimum absolute atomic E-state index is 0.0388. The van der Waals surface area contributed by atoms with Crippen LogP contribution in [0.2, 0.25) is 0 Å². The van der Waals surface area contributed by atoms with Gasteiger partial charge in [-0.1, -0.05) is 0 Å². The number of piperazine rings is 1. The van der Waals surface area contributed by atoms with Crippen LogP contribution in [0.3, 0.4) is 0 Å². The fraction of sp³-hybridized carbons (Fsp3) is 0.333. The zero-order valence-corrected chi connectivity index (χ0v) is 16.3. The third-order valence-corrected chi connectivity index (χ3v) is 5.04. The van der Waals surface area contributed by atoms with Gasteiger partial charge in [0, 0.05) is 63.1 Å². The van der Waals surface area contributed by atoms with E-state index in [-0.39, 0.29) is 5.91 Å². The molecule has 8 nitrogen and oxygen atoms in total. The first kappa shape index (κ1) is 19.1. The number of nitrogens with zero attached hydrogens (tertiary/aromatic N) is 6. The molecule has 1 amide bonds. The predicted molar refractivity (Wildman–Crippen MR) is 111 cm³/mol. The maximum Gasteiger partial charge on any atom is 0.251 e. The van der Waals surface area contributed by atoms with Gasteiger partial charge in [-0.3, -0.25) is 9.69 Å². The second-order valence-corrected chi connectivity index (χ2v) is 6.98. The van der Waals surface area contributed by atoms with E-state index in [1.54, 1.807) is 23.3 Å². The monoisotopic (exact) mass is 391 g/mol. The molecule has 1 aliphatic rings. The Labute approximate surface area is 170 Å². The first-order valence-electron chi connectivity index (χ1n) is 9.92. The molecule has 8 heteroatoms. The third kappa shape index (κ3) is 4.97. The van der Waals surface area contributed by atoms with Gasteiger partial charge in [0.2, 0.25) is 5.95 Å². The second kappa shape index (κ2) is 9.29. The minimum Gasteiger partial charge on any atom is -0.352 e. The SMILES string of the molecule is O=C(NCCCN1CCN(c2ncccn2)CC1)c1ccc(-n2cccn2)cc1. The molecule has 1 fully saturated rings. The van der Waals surface area contributed by atoms with Gasteiger partial charge in [0.1, 0.15) is 0 Å². The van der Waals surface area contributed by atoms with Crippen molar-refractivity contribution >= 4 is 11.9 Å². The van der Waals surface area contributed by atoms with E-state index in [4.69, 9.17) is 0 Å². The van der Waals surface area contributed by atoms with Crippen LogP contribution in [0.25, 0.3) is 5.69 Å². The third-order valence-electron chi connectivity index (χ3n) is 5.04. The van der Waals surface area contributed by atoms with E-state index < -0.39 is 0 Å². The van der Waals surface area contributed by atoms with Crippen LogP contribution in [0.1, 0.15) is 16.8 Å². The average Bonchev–Trinajstić information content (AvgIpc) is 3.33. The molecule has 0 unspecified atom stereocenters. The lowest BCUT2D eigenvalue weighted by Gasteiger charge is -2.34. The summed E-state index contributed by atoms with van der Waals surface area (Å²) in [6.07, 6.45) is 8.10. The Balaban J connectivity index is 1.16. The summed E-state index contributed by atoms with van der Waals surface area (Å²) in [6, 6.07) is 11.2. The first-order chi connectivity index (χ1) is 14.3. The molecule has 1 saturated heterocycles. The van der Waals surface area contributed by atoms with E-state index in [9.17, 15) is 4.79 Å². The van der Waals surface area contributed by atoms with E-state index in [1.165, 1.54) is 0 Å². The number of nitrogens with one attached hydrogen (secondary N) is 1. The predicted octanol–water partition coefficient (Wildman–Crippen LogP) is 1.60. The molecule has 0 atom stereocenters. The molecule has 0 aliphatic carbocycles. The van der Waals surface area contributed by atoms with Gasteiger partial charge in [-0.25, -0.2) is 14.6 Å². The van der Waals surface area contributed by atoms with Gasteiger partial charge in [-0.2, -0.15) is 5.10 Å². The van der Waals surface area contributed by atoms with Gasteiger partial charge in [0.15, 0.2) is 0 Å². The number of hydrogen-bond acceptors (Lipinski definition) is 6. The van der Waals surface area contributed by atoms with Crippen molar-refractivity contribution < 1.29 is 4.79 Å². The molecular weight excluding hydrogens is 366 g/mol. The number of hydrogen-bond donors (Lipinski definition) is 1. The lowest BCUT2D eigenvalue weighted by atomic mass is 10.2. The van der Waals surface area contributed by atoms with Crippen molar-refractivity contribution in [3.05, 3.63) is 66.7 Å². The van der Waals surface area contributed by atoms with Gasteiger partial charge >= 0.3 is 0 Å². The summed E-state index contributed by atoms with van der Waals surface area (Å²) >= 11 is 0. The number of aromatic nitrogens is 4. The number of rotatable bonds is 7. The molecule has 1 aromatic carbocycles. The zero-order chi connectivity index (χ0) is 19.9. The highest BCUT2D eigenvalue weighted by molar-refractivity contribution is 5.94. The summed E-state index contributed by atoms with van der Waals surface area (Å²) in [5, 5.41) is 7.20. The lowest BCUT2D eigenvalue weighted by molar-refractivity contribution is 0.0951. The number of amides is 1. The fourth-order valence-electron chi connectivity index (χ4n) is 3.42. The highest BCUT2D eigenvalue weighted by Gasteiger charge is 2.18. The summed E-state index contributed by atoms with van der Waals surface area (Å²) in [7, 11) is 0. The summed E-state index contributed by atoms with van der Waals surface area (Å²) < 4.78 is 1.77. The van der Waals surface area contributed by atoms with Crippen molar-refractivity contribution in [3.63, 3.8) is 0 Å². The second-order valence-electron chi connectivity index (χ2n) is 6.98. The van der Waals surface area contributed by atoms with Crippen LogP contribution in [-0.4, -0.2) is 69.8 Å². The normalized spacial score (nSPS) is 14.7. The summed E-state index contributed by atoms with van der Waals surface area (Å²) in [5.74, 6) is 0.765. The van der Waals surface area contributed by atoms with Crippen LogP contribution in [0, 0.1) is 0 Å². The van der Waals surface area contributed by atoms with Gasteiger partial charge in [-0.05, 0) is 49.4 Å². The Bertz CT molecular complexity index is 889. The van der Waals surface area contributed by atoms with Crippen molar-refractivity contribution in [1.29, 1.82) is 0 Å². The van der Waals surface area contributed by atoms with Gasteiger partial charge < -0.3 is 10.2 Å². The molecule has 0 saturated carbocycles. The molecule has 29 heavy (non-hydrogen) atoms. The van der Waals surface area contributed by atoms with Crippen LogP contribution in [0.5, 0.6) is 0 Å². The average molecular weight is 391 g/mol. The molecule has 150 valence electrons. The van der Waals surface area contributed by atoms with Gasteiger partial charge in [0.25, 0.3) is 5.91 Å². The zero-order valence-electron chi connectivity index (χ0n) is 16.3. The highest BCUT2D eigenvalue weighted by Crippen LogP contribution is 2.10. The number of anilines is 1. The van der Waals surface area contributed by atoms with Crippen molar-refractivity contribution in [1.82, 2.24) is 30.0 Å². The van der Waals surface area contributed by atoms with Crippen LogP contribution < -0.4 is 10.2 Å². The summed E-state index contributed by atoms with van der Waals surface area (Å²) in [5.41, 5.74) is 1.60. The van der Waals surface area contributed by atoms with E-state index in [1.807, 2.05) is 42.6 Å². The highest BCUT2D eigenvalue weighted by atomic mass is 16.1. The first-order valence-corrected chi connectivity index (χ1v) is 9.92.